The monoisotopic (exact) mass is 504 g/mol. The number of rotatable bonds is 7. The summed E-state index contributed by atoms with van der Waals surface area (Å²) in [5.41, 5.74) is 1.35. The summed E-state index contributed by atoms with van der Waals surface area (Å²) >= 11 is 1.98. The van der Waals surface area contributed by atoms with Crippen LogP contribution in [0.15, 0.2) is 35.2 Å². The minimum atomic E-state index is -3.58. The number of para-hydroxylation sites is 1. The van der Waals surface area contributed by atoms with E-state index in [9.17, 15) is 8.42 Å². The van der Waals surface area contributed by atoms with Crippen LogP contribution in [0, 0.1) is 5.92 Å². The molecule has 2 atom stereocenters. The van der Waals surface area contributed by atoms with Crippen molar-refractivity contribution < 1.29 is 17.9 Å². The molecule has 1 spiro atoms. The van der Waals surface area contributed by atoms with Crippen LogP contribution in [0.5, 0.6) is 5.75 Å². The molecule has 2 aliphatic heterocycles. The Bertz CT molecular complexity index is 1130. The van der Waals surface area contributed by atoms with Crippen LogP contribution < -0.4 is 9.46 Å². The van der Waals surface area contributed by atoms with Crippen LogP contribution in [-0.2, 0) is 33.2 Å². The Morgan fingerprint density at radius 2 is 2.09 bits per heavy atom. The number of methoxy groups -OCH3 is 1. The number of likely N-dealkylation sites (tertiary alicyclic amines) is 1. The lowest BCUT2D eigenvalue weighted by atomic mass is 9.77. The second kappa shape index (κ2) is 9.54. The van der Waals surface area contributed by atoms with Gasteiger partial charge in [0, 0.05) is 41.3 Å². The van der Waals surface area contributed by atoms with Crippen LogP contribution in [0.1, 0.15) is 54.8 Å². The van der Waals surface area contributed by atoms with Crippen LogP contribution in [-0.4, -0.2) is 52.2 Å². The first-order valence-corrected chi connectivity index (χ1v) is 14.8. The molecule has 1 aromatic carbocycles. The summed E-state index contributed by atoms with van der Waals surface area (Å²) < 4.78 is 40.3. The number of fused-ring (bicyclic) bond motifs is 2. The van der Waals surface area contributed by atoms with Gasteiger partial charge in [0.1, 0.15) is 10.6 Å². The van der Waals surface area contributed by atoms with Gasteiger partial charge in [0.25, 0.3) is 0 Å². The van der Waals surface area contributed by atoms with Gasteiger partial charge >= 0.3 is 0 Å². The predicted octanol–water partition coefficient (Wildman–Crippen LogP) is 4.33. The van der Waals surface area contributed by atoms with Gasteiger partial charge in [-0.05, 0) is 68.7 Å². The van der Waals surface area contributed by atoms with E-state index < -0.39 is 10.0 Å². The first-order chi connectivity index (χ1) is 16.3. The van der Waals surface area contributed by atoms with Gasteiger partial charge in [-0.3, -0.25) is 0 Å². The molecule has 1 aromatic heterocycles. The Labute approximate surface area is 207 Å². The van der Waals surface area contributed by atoms with Crippen molar-refractivity contribution in [3.05, 3.63) is 45.6 Å². The average Bonchev–Trinajstić information content (AvgIpc) is 3.24. The maximum Gasteiger partial charge on any atom is 0.244 e. The third-order valence-electron chi connectivity index (χ3n) is 7.87. The second-order valence-electron chi connectivity index (χ2n) is 10.1. The first-order valence-electron chi connectivity index (χ1n) is 12.5. The molecule has 2 aromatic rings. The van der Waals surface area contributed by atoms with E-state index >= 15 is 0 Å². The zero-order valence-corrected chi connectivity index (χ0v) is 22.0. The third kappa shape index (κ3) is 4.55. The van der Waals surface area contributed by atoms with Crippen molar-refractivity contribution in [2.45, 2.75) is 75.0 Å². The Morgan fingerprint density at radius 1 is 1.29 bits per heavy atom. The van der Waals surface area contributed by atoms with Crippen LogP contribution in [0.2, 0.25) is 0 Å². The summed E-state index contributed by atoms with van der Waals surface area (Å²) in [4.78, 5) is 5.81. The smallest absolute Gasteiger partial charge is 0.244 e. The van der Waals surface area contributed by atoms with Crippen molar-refractivity contribution in [1.82, 2.24) is 9.62 Å². The van der Waals surface area contributed by atoms with Gasteiger partial charge in [-0.15, -0.1) is 11.3 Å². The number of thiophene rings is 1. The summed E-state index contributed by atoms with van der Waals surface area (Å²) in [7, 11) is -2.08. The SMILES string of the molecule is CCc1cc2c(s1)CCO[C@@]21CCN(CC2CC(NS(=O)(=O)c3ccccc3OC)C2)[C@@H](C)C1. The van der Waals surface area contributed by atoms with Crippen LogP contribution in [0.25, 0.3) is 0 Å². The second-order valence-corrected chi connectivity index (χ2v) is 13.0. The summed E-state index contributed by atoms with van der Waals surface area (Å²) in [6, 6.07) is 9.64. The van der Waals surface area contributed by atoms with E-state index in [4.69, 9.17) is 9.47 Å². The minimum Gasteiger partial charge on any atom is -0.495 e. The van der Waals surface area contributed by atoms with E-state index in [1.54, 1.807) is 24.3 Å². The number of nitrogens with one attached hydrogen (secondary N) is 1. The molecule has 34 heavy (non-hydrogen) atoms. The van der Waals surface area contributed by atoms with E-state index in [0.717, 1.165) is 58.2 Å². The molecule has 3 heterocycles. The van der Waals surface area contributed by atoms with Crippen molar-refractivity contribution in [2.24, 2.45) is 5.92 Å². The molecule has 0 bridgehead atoms. The number of hydrogen-bond acceptors (Lipinski definition) is 6. The molecular weight excluding hydrogens is 468 g/mol. The molecule has 5 rings (SSSR count). The molecule has 0 radical (unpaired) electrons. The van der Waals surface area contributed by atoms with Crippen LogP contribution in [0.4, 0.5) is 0 Å². The highest BCUT2D eigenvalue weighted by atomic mass is 32.2. The molecule has 1 saturated carbocycles. The topological polar surface area (TPSA) is 67.9 Å². The molecule has 2 fully saturated rings. The minimum absolute atomic E-state index is 0.00569. The zero-order valence-electron chi connectivity index (χ0n) is 20.4. The van der Waals surface area contributed by atoms with E-state index in [2.05, 4.69) is 29.5 Å². The molecule has 6 nitrogen and oxygen atoms in total. The number of sulfonamides is 1. The molecule has 8 heteroatoms. The quantitative estimate of drug-likeness (QED) is 0.608. The van der Waals surface area contributed by atoms with Gasteiger partial charge in [0.05, 0.1) is 19.3 Å². The van der Waals surface area contributed by atoms with Crippen molar-refractivity contribution in [2.75, 3.05) is 26.8 Å². The average molecular weight is 505 g/mol. The molecule has 3 aliphatic rings. The van der Waals surface area contributed by atoms with Crippen molar-refractivity contribution in [1.29, 1.82) is 0 Å². The van der Waals surface area contributed by atoms with E-state index in [0.29, 0.717) is 17.7 Å². The van der Waals surface area contributed by atoms with Gasteiger partial charge in [0.15, 0.2) is 0 Å². The highest BCUT2D eigenvalue weighted by molar-refractivity contribution is 7.89. The predicted molar refractivity (Wildman–Crippen MR) is 135 cm³/mol. The molecule has 186 valence electrons. The Morgan fingerprint density at radius 3 is 2.82 bits per heavy atom. The molecule has 1 aliphatic carbocycles. The summed E-state index contributed by atoms with van der Waals surface area (Å²) in [6.07, 6.45) is 5.99. The molecule has 0 amide bonds. The molecule has 0 unspecified atom stereocenters. The number of ether oxygens (including phenoxy) is 2. The fourth-order valence-corrected chi connectivity index (χ4v) is 8.59. The highest BCUT2D eigenvalue weighted by Gasteiger charge is 2.45. The normalized spacial score (nSPS) is 29.6. The lowest BCUT2D eigenvalue weighted by Gasteiger charge is -2.49. The van der Waals surface area contributed by atoms with E-state index in [-0.39, 0.29) is 16.5 Å². The summed E-state index contributed by atoms with van der Waals surface area (Å²) in [5, 5.41) is 0. The highest BCUT2D eigenvalue weighted by Crippen LogP contribution is 2.46. The molecule has 1 saturated heterocycles. The van der Waals surface area contributed by atoms with E-state index in [1.165, 1.54) is 22.4 Å². The Kier molecular flexibility index (Phi) is 6.81. The molecule has 1 N–H and O–H groups in total. The van der Waals surface area contributed by atoms with Gasteiger partial charge in [0.2, 0.25) is 10.0 Å². The number of piperidine rings is 1. The maximum absolute atomic E-state index is 12.8. The van der Waals surface area contributed by atoms with Crippen LogP contribution >= 0.6 is 11.3 Å². The van der Waals surface area contributed by atoms with Gasteiger partial charge in [-0.1, -0.05) is 19.1 Å². The summed E-state index contributed by atoms with van der Waals surface area (Å²) in [5.74, 6) is 0.907. The van der Waals surface area contributed by atoms with Crippen molar-refractivity contribution >= 4 is 21.4 Å². The fraction of sp³-hybridized carbons (Fsp3) is 0.615. The standard InChI is InChI=1S/C26H36N2O4S2/c1-4-21-15-22-24(33-21)9-12-32-26(22)10-11-28(18(2)16-26)17-19-13-20(14-19)27-34(29,30)25-8-6-5-7-23(25)31-3/h5-8,15,18-20,27H,4,9-14,16-17H2,1-3H3/t18-,19?,20?,26+/m0/s1. The molecular formula is C26H36N2O4S2. The lowest BCUT2D eigenvalue weighted by molar-refractivity contribution is -0.114. The van der Waals surface area contributed by atoms with Gasteiger partial charge in [-0.25, -0.2) is 13.1 Å². The largest absolute Gasteiger partial charge is 0.495 e. The van der Waals surface area contributed by atoms with Crippen molar-refractivity contribution in [3.8, 4) is 5.75 Å². The van der Waals surface area contributed by atoms with Gasteiger partial charge in [-0.2, -0.15) is 0 Å². The number of nitrogens with zero attached hydrogens (tertiary/aromatic N) is 1. The number of aryl methyl sites for hydroxylation is 1. The van der Waals surface area contributed by atoms with E-state index in [1.807, 2.05) is 11.3 Å². The lowest BCUT2D eigenvalue weighted by Crippen LogP contribution is -2.54. The third-order valence-corrected chi connectivity index (χ3v) is 10.8. The van der Waals surface area contributed by atoms with Gasteiger partial charge < -0.3 is 14.4 Å². The fourth-order valence-electron chi connectivity index (χ4n) is 5.98. The first kappa shape index (κ1) is 24.3. The Hall–Kier alpha value is -1.45. The Balaban J connectivity index is 1.16. The number of hydrogen-bond donors (Lipinski definition) is 1. The van der Waals surface area contributed by atoms with Crippen LogP contribution in [0.3, 0.4) is 0 Å². The number of benzene rings is 1. The van der Waals surface area contributed by atoms with Crippen molar-refractivity contribution in [3.63, 3.8) is 0 Å². The summed E-state index contributed by atoms with van der Waals surface area (Å²) in [6.45, 7) is 7.46. The zero-order chi connectivity index (χ0) is 23.9. The maximum atomic E-state index is 12.8.